The molecule has 0 atom stereocenters. The Labute approximate surface area is 149 Å². The molecule has 0 spiro atoms. The van der Waals surface area contributed by atoms with E-state index in [0.717, 1.165) is 11.1 Å². The second-order valence-corrected chi connectivity index (χ2v) is 6.51. The Hall–Kier alpha value is -1.67. The number of benzene rings is 2. The Bertz CT molecular complexity index is 726. The molecule has 23 heavy (non-hydrogen) atoms. The fourth-order valence-corrected chi connectivity index (χ4v) is 2.85. The number of carbonyl (C=O) groups excluding carboxylic acids is 1. The molecule has 0 aliphatic heterocycles. The molecule has 2 aromatic rings. The normalized spacial score (nSPS) is 10.1. The number of nitrogens with zero attached hydrogens (tertiary/aromatic N) is 1. The van der Waals surface area contributed by atoms with Crippen LogP contribution in [0.2, 0.25) is 10.0 Å². The average Bonchev–Trinajstić information content (AvgIpc) is 2.56. The number of thioether (sulfide) groups is 1. The standard InChI is InChI=1S/C17H13Cl2NO2S/c18-15-6-5-14(7-16(15)19)10-23-11-17(21)22-9-13-3-1-12(8-20)2-4-13/h1-7H,9-11H2. The minimum atomic E-state index is -0.278. The van der Waals surface area contributed by atoms with E-state index in [0.29, 0.717) is 21.4 Å². The first kappa shape index (κ1) is 17.7. The molecule has 0 amide bonds. The van der Waals surface area contributed by atoms with E-state index >= 15 is 0 Å². The van der Waals surface area contributed by atoms with E-state index in [1.54, 1.807) is 36.4 Å². The van der Waals surface area contributed by atoms with E-state index in [9.17, 15) is 4.79 Å². The lowest BCUT2D eigenvalue weighted by molar-refractivity contribution is -0.141. The molecule has 3 nitrogen and oxygen atoms in total. The fraction of sp³-hybridized carbons (Fsp3) is 0.176. The third-order valence-electron chi connectivity index (χ3n) is 2.96. The van der Waals surface area contributed by atoms with Gasteiger partial charge in [-0.3, -0.25) is 4.79 Å². The van der Waals surface area contributed by atoms with Crippen LogP contribution in [0.25, 0.3) is 0 Å². The highest BCUT2D eigenvalue weighted by Gasteiger charge is 2.05. The number of ether oxygens (including phenoxy) is 1. The van der Waals surface area contributed by atoms with Gasteiger partial charge in [0.15, 0.2) is 0 Å². The van der Waals surface area contributed by atoms with Crippen molar-refractivity contribution in [2.45, 2.75) is 12.4 Å². The maximum atomic E-state index is 11.7. The van der Waals surface area contributed by atoms with Crippen molar-refractivity contribution < 1.29 is 9.53 Å². The highest BCUT2D eigenvalue weighted by atomic mass is 35.5. The van der Waals surface area contributed by atoms with Gasteiger partial charge in [0.05, 0.1) is 27.4 Å². The first-order valence-electron chi connectivity index (χ1n) is 6.75. The molecule has 0 heterocycles. The molecule has 0 unspecified atom stereocenters. The van der Waals surface area contributed by atoms with E-state index in [2.05, 4.69) is 0 Å². The summed E-state index contributed by atoms with van der Waals surface area (Å²) in [6.07, 6.45) is 0. The Balaban J connectivity index is 1.72. The molecule has 2 rings (SSSR count). The van der Waals surface area contributed by atoms with Crippen LogP contribution in [0, 0.1) is 11.3 Å². The fourth-order valence-electron chi connectivity index (χ4n) is 1.76. The van der Waals surface area contributed by atoms with Crippen molar-refractivity contribution in [1.82, 2.24) is 0 Å². The van der Waals surface area contributed by atoms with Crippen LogP contribution in [-0.4, -0.2) is 11.7 Å². The van der Waals surface area contributed by atoms with Gasteiger partial charge in [-0.2, -0.15) is 5.26 Å². The number of nitriles is 1. The van der Waals surface area contributed by atoms with Crippen LogP contribution >= 0.6 is 35.0 Å². The second kappa shape index (κ2) is 8.83. The van der Waals surface area contributed by atoms with Crippen LogP contribution < -0.4 is 0 Å². The molecular weight excluding hydrogens is 353 g/mol. The van der Waals surface area contributed by atoms with Crippen molar-refractivity contribution in [1.29, 1.82) is 5.26 Å². The predicted octanol–water partition coefficient (Wildman–Crippen LogP) is 4.84. The average molecular weight is 366 g/mol. The molecule has 0 saturated carbocycles. The van der Waals surface area contributed by atoms with E-state index in [1.165, 1.54) is 11.8 Å². The van der Waals surface area contributed by atoms with Crippen LogP contribution in [0.1, 0.15) is 16.7 Å². The first-order valence-corrected chi connectivity index (χ1v) is 8.66. The van der Waals surface area contributed by atoms with Crippen LogP contribution in [0.15, 0.2) is 42.5 Å². The third kappa shape index (κ3) is 5.80. The summed E-state index contributed by atoms with van der Waals surface area (Å²) < 4.78 is 5.19. The maximum Gasteiger partial charge on any atom is 0.316 e. The summed E-state index contributed by atoms with van der Waals surface area (Å²) in [6, 6.07) is 14.4. The number of halogens is 2. The van der Waals surface area contributed by atoms with Gasteiger partial charge in [-0.15, -0.1) is 11.8 Å². The summed E-state index contributed by atoms with van der Waals surface area (Å²) in [7, 11) is 0. The summed E-state index contributed by atoms with van der Waals surface area (Å²) >= 11 is 13.2. The molecule has 0 aliphatic rings. The lowest BCUT2D eigenvalue weighted by Crippen LogP contribution is -2.07. The Kier molecular flexibility index (Phi) is 6.79. The van der Waals surface area contributed by atoms with Gasteiger partial charge < -0.3 is 4.74 Å². The van der Waals surface area contributed by atoms with Gasteiger partial charge >= 0.3 is 5.97 Å². The lowest BCUT2D eigenvalue weighted by Gasteiger charge is -2.06. The molecule has 0 saturated heterocycles. The third-order valence-corrected chi connectivity index (χ3v) is 4.67. The summed E-state index contributed by atoms with van der Waals surface area (Å²) in [6.45, 7) is 0.206. The van der Waals surface area contributed by atoms with Crippen molar-refractivity contribution >= 4 is 40.9 Å². The zero-order chi connectivity index (χ0) is 16.7. The Morgan fingerprint density at radius 1 is 1.09 bits per heavy atom. The van der Waals surface area contributed by atoms with E-state index in [4.69, 9.17) is 33.2 Å². The smallest absolute Gasteiger partial charge is 0.316 e. The van der Waals surface area contributed by atoms with Crippen molar-refractivity contribution in [3.63, 3.8) is 0 Å². The molecule has 0 radical (unpaired) electrons. The number of hydrogen-bond donors (Lipinski definition) is 0. The number of rotatable bonds is 6. The molecule has 2 aromatic carbocycles. The van der Waals surface area contributed by atoms with Crippen molar-refractivity contribution in [2.24, 2.45) is 0 Å². The van der Waals surface area contributed by atoms with E-state index < -0.39 is 0 Å². The Morgan fingerprint density at radius 2 is 1.78 bits per heavy atom. The van der Waals surface area contributed by atoms with Gasteiger partial charge in [0.1, 0.15) is 6.61 Å². The van der Waals surface area contributed by atoms with Gasteiger partial charge in [-0.1, -0.05) is 41.4 Å². The maximum absolute atomic E-state index is 11.7. The minimum Gasteiger partial charge on any atom is -0.460 e. The topological polar surface area (TPSA) is 50.1 Å². The van der Waals surface area contributed by atoms with Gasteiger partial charge in [0.2, 0.25) is 0 Å². The van der Waals surface area contributed by atoms with Crippen molar-refractivity contribution in [3.8, 4) is 6.07 Å². The van der Waals surface area contributed by atoms with E-state index in [-0.39, 0.29) is 18.3 Å². The number of hydrogen-bond acceptors (Lipinski definition) is 4. The largest absolute Gasteiger partial charge is 0.460 e. The van der Waals surface area contributed by atoms with Crippen LogP contribution in [0.3, 0.4) is 0 Å². The van der Waals surface area contributed by atoms with Gasteiger partial charge in [0.25, 0.3) is 0 Å². The Morgan fingerprint density at radius 3 is 2.43 bits per heavy atom. The molecule has 0 N–H and O–H groups in total. The molecule has 0 fully saturated rings. The number of carbonyl (C=O) groups is 1. The highest BCUT2D eigenvalue weighted by molar-refractivity contribution is 7.99. The quantitative estimate of drug-likeness (QED) is 0.687. The molecule has 118 valence electrons. The highest BCUT2D eigenvalue weighted by Crippen LogP contribution is 2.24. The molecule has 0 bridgehead atoms. The molecule has 0 aromatic heterocycles. The van der Waals surface area contributed by atoms with Crippen LogP contribution in [0.4, 0.5) is 0 Å². The minimum absolute atomic E-state index is 0.206. The summed E-state index contributed by atoms with van der Waals surface area (Å²) in [5.74, 6) is 0.638. The number of esters is 1. The predicted molar refractivity (Wildman–Crippen MR) is 93.6 cm³/mol. The molecular formula is C17H13Cl2NO2S. The van der Waals surface area contributed by atoms with Crippen molar-refractivity contribution in [3.05, 3.63) is 69.2 Å². The summed E-state index contributed by atoms with van der Waals surface area (Å²) in [5.41, 5.74) is 2.44. The van der Waals surface area contributed by atoms with Gasteiger partial charge in [-0.25, -0.2) is 0 Å². The van der Waals surface area contributed by atoms with E-state index in [1.807, 2.05) is 12.1 Å². The summed E-state index contributed by atoms with van der Waals surface area (Å²) in [5, 5.41) is 9.74. The lowest BCUT2D eigenvalue weighted by atomic mass is 10.2. The van der Waals surface area contributed by atoms with Crippen molar-refractivity contribution in [2.75, 3.05) is 5.75 Å². The van der Waals surface area contributed by atoms with Crippen LogP contribution in [0.5, 0.6) is 0 Å². The van der Waals surface area contributed by atoms with Gasteiger partial charge in [0, 0.05) is 5.75 Å². The zero-order valence-corrected chi connectivity index (χ0v) is 14.4. The monoisotopic (exact) mass is 365 g/mol. The van der Waals surface area contributed by atoms with Gasteiger partial charge in [-0.05, 0) is 35.4 Å². The molecule has 0 aliphatic carbocycles. The first-order chi connectivity index (χ1) is 11.1. The van der Waals surface area contributed by atoms with Crippen LogP contribution in [-0.2, 0) is 21.9 Å². The second-order valence-electron chi connectivity index (χ2n) is 4.71. The zero-order valence-electron chi connectivity index (χ0n) is 12.1. The SMILES string of the molecule is N#Cc1ccc(COC(=O)CSCc2ccc(Cl)c(Cl)c2)cc1. The summed E-state index contributed by atoms with van der Waals surface area (Å²) in [4.78, 5) is 11.7. The molecule has 6 heteroatoms.